The molecule has 0 heterocycles. The Morgan fingerprint density at radius 2 is 2.05 bits per heavy atom. The minimum absolute atomic E-state index is 0.142. The lowest BCUT2D eigenvalue weighted by Crippen LogP contribution is -2.39. The third-order valence-corrected chi connectivity index (χ3v) is 3.80. The van der Waals surface area contributed by atoms with Gasteiger partial charge in [0.1, 0.15) is 0 Å². The van der Waals surface area contributed by atoms with E-state index in [4.69, 9.17) is 5.11 Å². The number of carbonyl (C=O) groups excluding carboxylic acids is 1. The lowest BCUT2D eigenvalue weighted by molar-refractivity contribution is -0.137. The summed E-state index contributed by atoms with van der Waals surface area (Å²) in [5, 5.41) is 14.4. The van der Waals surface area contributed by atoms with Gasteiger partial charge in [0.25, 0.3) is 0 Å². The maximum Gasteiger partial charge on any atom is 0.315 e. The third kappa shape index (κ3) is 5.10. The van der Waals surface area contributed by atoms with Crippen LogP contribution in [0, 0.1) is 5.92 Å². The first-order valence-corrected chi connectivity index (χ1v) is 7.37. The number of hydrogen-bond donors (Lipinski definition) is 3. The van der Waals surface area contributed by atoms with Gasteiger partial charge in [0, 0.05) is 24.9 Å². The molecule has 1 aromatic rings. The van der Waals surface area contributed by atoms with Gasteiger partial charge in [-0.2, -0.15) is 0 Å². The maximum atomic E-state index is 11.8. The molecular formula is C16H22N2O3. The Morgan fingerprint density at radius 3 is 2.71 bits per heavy atom. The molecule has 0 saturated heterocycles. The van der Waals surface area contributed by atoms with Crippen LogP contribution in [0.3, 0.4) is 0 Å². The second-order valence-electron chi connectivity index (χ2n) is 5.75. The van der Waals surface area contributed by atoms with Gasteiger partial charge < -0.3 is 15.7 Å². The molecule has 2 amide bonds. The van der Waals surface area contributed by atoms with Gasteiger partial charge in [-0.3, -0.25) is 4.79 Å². The predicted molar refractivity (Wildman–Crippen MR) is 80.2 cm³/mol. The van der Waals surface area contributed by atoms with Crippen molar-refractivity contribution in [2.75, 3.05) is 6.54 Å². The summed E-state index contributed by atoms with van der Waals surface area (Å²) in [7, 11) is 0. The summed E-state index contributed by atoms with van der Waals surface area (Å²) in [6.07, 6.45) is 1.70. The molecule has 1 aliphatic carbocycles. The number of carbonyl (C=O) groups is 2. The fourth-order valence-corrected chi connectivity index (χ4v) is 2.38. The summed E-state index contributed by atoms with van der Waals surface area (Å²) in [4.78, 5) is 22.2. The number of aliphatic carboxylic acids is 1. The fraction of sp³-hybridized carbons (Fsp3) is 0.500. The molecule has 5 heteroatoms. The summed E-state index contributed by atoms with van der Waals surface area (Å²) in [6, 6.07) is 10.2. The van der Waals surface area contributed by atoms with E-state index in [-0.39, 0.29) is 24.4 Å². The van der Waals surface area contributed by atoms with Crippen LogP contribution in [0.5, 0.6) is 0 Å². The first-order valence-electron chi connectivity index (χ1n) is 7.37. The van der Waals surface area contributed by atoms with Crippen LogP contribution in [0.25, 0.3) is 0 Å². The van der Waals surface area contributed by atoms with Crippen molar-refractivity contribution in [1.29, 1.82) is 0 Å². The highest BCUT2D eigenvalue weighted by atomic mass is 16.4. The third-order valence-electron chi connectivity index (χ3n) is 3.80. The predicted octanol–water partition coefficient (Wildman–Crippen LogP) is 2.34. The number of hydrogen-bond acceptors (Lipinski definition) is 2. The van der Waals surface area contributed by atoms with Crippen molar-refractivity contribution < 1.29 is 14.7 Å². The average molecular weight is 290 g/mol. The Morgan fingerprint density at radius 1 is 1.33 bits per heavy atom. The Kier molecular flexibility index (Phi) is 5.20. The van der Waals surface area contributed by atoms with Gasteiger partial charge in [0.15, 0.2) is 0 Å². The maximum absolute atomic E-state index is 11.8. The number of carboxylic acids is 1. The van der Waals surface area contributed by atoms with Gasteiger partial charge in [0.05, 0.1) is 0 Å². The van der Waals surface area contributed by atoms with Gasteiger partial charge in [-0.1, -0.05) is 37.3 Å². The summed E-state index contributed by atoms with van der Waals surface area (Å²) >= 11 is 0. The number of carboxylic acid groups (broad SMARTS) is 1. The molecule has 21 heavy (non-hydrogen) atoms. The molecule has 3 atom stereocenters. The first-order chi connectivity index (χ1) is 10.1. The quantitative estimate of drug-likeness (QED) is 0.721. The van der Waals surface area contributed by atoms with Crippen LogP contribution in [0.1, 0.15) is 37.7 Å². The lowest BCUT2D eigenvalue weighted by atomic mass is 10.1. The lowest BCUT2D eigenvalue weighted by Gasteiger charge is -2.12. The molecule has 1 saturated carbocycles. The Labute approximate surface area is 124 Å². The summed E-state index contributed by atoms with van der Waals surface area (Å²) in [6.45, 7) is 2.44. The van der Waals surface area contributed by atoms with Crippen molar-refractivity contribution >= 4 is 12.0 Å². The topological polar surface area (TPSA) is 78.4 Å². The van der Waals surface area contributed by atoms with Crippen LogP contribution >= 0.6 is 0 Å². The Balaban J connectivity index is 1.64. The van der Waals surface area contributed by atoms with Gasteiger partial charge in [-0.15, -0.1) is 0 Å². The van der Waals surface area contributed by atoms with Crippen LogP contribution in [-0.4, -0.2) is 29.7 Å². The number of urea groups is 1. The van der Waals surface area contributed by atoms with Crippen molar-refractivity contribution in [3.05, 3.63) is 35.9 Å². The zero-order valence-corrected chi connectivity index (χ0v) is 12.2. The molecule has 0 aliphatic heterocycles. The van der Waals surface area contributed by atoms with Gasteiger partial charge >= 0.3 is 12.0 Å². The van der Waals surface area contributed by atoms with Crippen LogP contribution in [0.15, 0.2) is 30.3 Å². The summed E-state index contributed by atoms with van der Waals surface area (Å²) in [5.74, 6) is -0.215. The number of benzene rings is 1. The van der Waals surface area contributed by atoms with Gasteiger partial charge in [-0.05, 0) is 24.3 Å². The summed E-state index contributed by atoms with van der Waals surface area (Å²) in [5.41, 5.74) is 1.26. The molecule has 0 radical (unpaired) electrons. The highest BCUT2D eigenvalue weighted by Gasteiger charge is 2.39. The molecular weight excluding hydrogens is 268 g/mol. The second-order valence-corrected chi connectivity index (χ2v) is 5.75. The fourth-order valence-electron chi connectivity index (χ4n) is 2.38. The van der Waals surface area contributed by atoms with Crippen LogP contribution in [0.2, 0.25) is 0 Å². The molecule has 0 spiro atoms. The number of rotatable bonds is 7. The van der Waals surface area contributed by atoms with E-state index in [1.165, 1.54) is 5.56 Å². The molecule has 5 nitrogen and oxygen atoms in total. The number of nitrogens with one attached hydrogen (secondary N) is 2. The van der Waals surface area contributed by atoms with Crippen molar-refractivity contribution in [1.82, 2.24) is 10.6 Å². The smallest absolute Gasteiger partial charge is 0.315 e. The van der Waals surface area contributed by atoms with E-state index in [1.807, 2.05) is 25.1 Å². The van der Waals surface area contributed by atoms with Crippen molar-refractivity contribution in [2.45, 2.75) is 38.1 Å². The summed E-state index contributed by atoms with van der Waals surface area (Å²) < 4.78 is 0. The normalized spacial score (nSPS) is 21.4. The Hall–Kier alpha value is -2.04. The second kappa shape index (κ2) is 7.11. The van der Waals surface area contributed by atoms with E-state index in [1.54, 1.807) is 0 Å². The average Bonchev–Trinajstić information content (AvgIpc) is 3.23. The van der Waals surface area contributed by atoms with Crippen molar-refractivity contribution in [3.8, 4) is 0 Å². The van der Waals surface area contributed by atoms with Crippen LogP contribution < -0.4 is 10.6 Å². The molecule has 0 bridgehead atoms. The number of amides is 2. The van der Waals surface area contributed by atoms with E-state index in [0.29, 0.717) is 18.9 Å². The zero-order chi connectivity index (χ0) is 15.2. The van der Waals surface area contributed by atoms with E-state index in [9.17, 15) is 9.59 Å². The molecule has 1 aromatic carbocycles. The largest absolute Gasteiger partial charge is 0.481 e. The van der Waals surface area contributed by atoms with Crippen molar-refractivity contribution in [3.63, 3.8) is 0 Å². The molecule has 114 valence electrons. The molecule has 1 fully saturated rings. The molecule has 3 unspecified atom stereocenters. The van der Waals surface area contributed by atoms with Gasteiger partial charge in [0.2, 0.25) is 0 Å². The molecule has 3 N–H and O–H groups in total. The molecule has 2 rings (SSSR count). The van der Waals surface area contributed by atoms with Crippen LogP contribution in [0.4, 0.5) is 4.79 Å². The van der Waals surface area contributed by atoms with Gasteiger partial charge in [-0.25, -0.2) is 4.79 Å². The SMILES string of the molecule is CC(CCC(=O)O)CNC(=O)NC1CC1c1ccccc1. The first kappa shape index (κ1) is 15.4. The highest BCUT2D eigenvalue weighted by molar-refractivity contribution is 5.75. The Bertz CT molecular complexity index is 490. The minimum atomic E-state index is -0.796. The minimum Gasteiger partial charge on any atom is -0.481 e. The highest BCUT2D eigenvalue weighted by Crippen LogP contribution is 2.40. The van der Waals surface area contributed by atoms with Crippen molar-refractivity contribution in [2.24, 2.45) is 5.92 Å². The monoisotopic (exact) mass is 290 g/mol. The standard InChI is InChI=1S/C16H22N2O3/c1-11(7-8-15(19)20)10-17-16(21)18-14-9-13(14)12-5-3-2-4-6-12/h2-6,11,13-14H,7-10H2,1H3,(H,19,20)(H2,17,18,21). The van der Waals surface area contributed by atoms with E-state index < -0.39 is 5.97 Å². The zero-order valence-electron chi connectivity index (χ0n) is 12.2. The molecule has 0 aromatic heterocycles. The van der Waals surface area contributed by atoms with Crippen LogP contribution in [-0.2, 0) is 4.79 Å². The van der Waals surface area contributed by atoms with E-state index >= 15 is 0 Å². The van der Waals surface area contributed by atoms with E-state index in [0.717, 1.165) is 6.42 Å². The molecule has 1 aliphatic rings. The van der Waals surface area contributed by atoms with E-state index in [2.05, 4.69) is 22.8 Å².